The first-order valence-corrected chi connectivity index (χ1v) is 16.2. The fourth-order valence-electron chi connectivity index (χ4n) is 5.50. The number of hydrazine groups is 1. The van der Waals surface area contributed by atoms with E-state index in [1.54, 1.807) is 82.5 Å². The van der Waals surface area contributed by atoms with Gasteiger partial charge in [0.15, 0.2) is 23.1 Å². The highest BCUT2D eigenvalue weighted by atomic mass is 16.6. The predicted molar refractivity (Wildman–Crippen MR) is 186 cm³/mol. The fraction of sp³-hybridized carbons (Fsp3) is 0.417. The van der Waals surface area contributed by atoms with E-state index >= 15 is 0 Å². The molecule has 14 nitrogen and oxygen atoms in total. The molecule has 1 aliphatic rings. The lowest BCUT2D eigenvalue weighted by Crippen LogP contribution is -2.53. The zero-order valence-corrected chi connectivity index (χ0v) is 29.0. The van der Waals surface area contributed by atoms with Crippen molar-refractivity contribution in [3.63, 3.8) is 0 Å². The van der Waals surface area contributed by atoms with Crippen LogP contribution in [0.4, 0.5) is 0 Å². The van der Waals surface area contributed by atoms with Crippen molar-refractivity contribution in [1.29, 1.82) is 0 Å². The summed E-state index contributed by atoms with van der Waals surface area (Å²) in [6.07, 6.45) is -0.771. The van der Waals surface area contributed by atoms with Crippen molar-refractivity contribution in [3.05, 3.63) is 99.4 Å². The molecule has 0 aromatic heterocycles. The van der Waals surface area contributed by atoms with Gasteiger partial charge in [-0.25, -0.2) is 10.4 Å². The van der Waals surface area contributed by atoms with Crippen molar-refractivity contribution < 1.29 is 38.4 Å². The van der Waals surface area contributed by atoms with E-state index in [2.05, 4.69) is 20.9 Å². The van der Waals surface area contributed by atoms with E-state index in [0.29, 0.717) is 47.0 Å². The Morgan fingerprint density at radius 3 is 2.46 bits per heavy atom. The number of aliphatic imine (C=N–C) groups is 1. The van der Waals surface area contributed by atoms with E-state index in [9.17, 15) is 9.59 Å². The highest BCUT2D eigenvalue weighted by Gasteiger charge is 2.54. The van der Waals surface area contributed by atoms with Gasteiger partial charge in [0, 0.05) is 42.0 Å². The number of carbonyl (C=O) groups excluding carboxylic acids is 2. The van der Waals surface area contributed by atoms with E-state index < -0.39 is 29.1 Å². The molecule has 3 N–H and O–H groups in total. The Morgan fingerprint density at radius 2 is 1.78 bits per heavy atom. The number of aliphatic hydroxyl groups excluding tert-OH is 1. The van der Waals surface area contributed by atoms with Crippen LogP contribution in [0.1, 0.15) is 68.4 Å². The molecule has 2 atom stereocenters. The zero-order valence-electron chi connectivity index (χ0n) is 29.0. The van der Waals surface area contributed by atoms with Gasteiger partial charge >= 0.3 is 5.97 Å². The second-order valence-corrected chi connectivity index (χ2v) is 12.4. The average Bonchev–Trinajstić information content (AvgIpc) is 3.50. The first kappa shape index (κ1) is 37.5. The third-order valence-electron chi connectivity index (χ3n) is 7.77. The second-order valence-electron chi connectivity index (χ2n) is 12.4. The Morgan fingerprint density at radius 1 is 1.04 bits per heavy atom. The highest BCUT2D eigenvalue weighted by Crippen LogP contribution is 2.44. The number of azide groups is 1. The maximum atomic E-state index is 14.5. The normalized spacial score (nSPS) is 16.8. The van der Waals surface area contributed by atoms with Crippen LogP contribution in [0.15, 0.2) is 76.8 Å². The van der Waals surface area contributed by atoms with Crippen LogP contribution >= 0.6 is 0 Å². The van der Waals surface area contributed by atoms with E-state index in [1.165, 1.54) is 7.11 Å². The molecule has 1 heterocycles. The van der Waals surface area contributed by atoms with E-state index in [-0.39, 0.29) is 38.4 Å². The number of carbonyl (C=O) groups is 2. The lowest BCUT2D eigenvalue weighted by molar-refractivity contribution is -0.155. The van der Waals surface area contributed by atoms with E-state index in [1.807, 2.05) is 12.1 Å². The molecule has 0 unspecified atom stereocenters. The molecule has 0 spiro atoms. The number of rotatable bonds is 17. The first-order valence-electron chi connectivity index (χ1n) is 16.2. The van der Waals surface area contributed by atoms with Crippen molar-refractivity contribution in [2.24, 2.45) is 10.1 Å². The van der Waals surface area contributed by atoms with Crippen LogP contribution in [0.2, 0.25) is 0 Å². The molecule has 3 aromatic carbocycles. The summed E-state index contributed by atoms with van der Waals surface area (Å²) < 4.78 is 28.8. The van der Waals surface area contributed by atoms with Crippen LogP contribution in [0, 0.1) is 0 Å². The molecule has 1 aliphatic heterocycles. The Hall–Kier alpha value is -5.30. The number of hydrogen-bond acceptors (Lipinski definition) is 11. The molecule has 0 aliphatic carbocycles. The van der Waals surface area contributed by atoms with Gasteiger partial charge in [-0.05, 0) is 74.2 Å². The van der Waals surface area contributed by atoms with Gasteiger partial charge in [0.2, 0.25) is 5.90 Å². The SMILES string of the molecule is COc1cccc(CNNC(=O)[C@@]2(CCC(=O)OC(C)(C)C)N=C(c3ccc(OCCCO)cc3)O[C@H]2c2ccccc2CN=[N+]=[N-])c1OC. The Balaban J connectivity index is 1.76. The molecule has 0 bridgehead atoms. The average molecular weight is 689 g/mol. The van der Waals surface area contributed by atoms with Gasteiger partial charge in [0.05, 0.1) is 27.4 Å². The van der Waals surface area contributed by atoms with Crippen molar-refractivity contribution >= 4 is 17.8 Å². The minimum Gasteiger partial charge on any atom is -0.494 e. The quantitative estimate of drug-likeness (QED) is 0.0413. The van der Waals surface area contributed by atoms with Crippen molar-refractivity contribution in [2.75, 3.05) is 27.4 Å². The van der Waals surface area contributed by atoms with Gasteiger partial charge < -0.3 is 28.8 Å². The number of methoxy groups -OCH3 is 2. The molecule has 0 fully saturated rings. The molecular formula is C36H44N6O8. The van der Waals surface area contributed by atoms with E-state index in [0.717, 1.165) is 5.56 Å². The maximum absolute atomic E-state index is 14.5. The Kier molecular flexibility index (Phi) is 13.0. The molecule has 266 valence electrons. The van der Waals surface area contributed by atoms with Gasteiger partial charge in [0.25, 0.3) is 5.91 Å². The van der Waals surface area contributed by atoms with E-state index in [4.69, 9.17) is 39.3 Å². The van der Waals surface area contributed by atoms with Gasteiger partial charge in [-0.3, -0.25) is 15.0 Å². The molecule has 1 amide bonds. The number of esters is 1. The molecule has 50 heavy (non-hydrogen) atoms. The summed E-state index contributed by atoms with van der Waals surface area (Å²) in [4.78, 5) is 35.5. The Labute approximate surface area is 291 Å². The highest BCUT2D eigenvalue weighted by molar-refractivity contribution is 6.01. The fourth-order valence-corrected chi connectivity index (χ4v) is 5.50. The van der Waals surface area contributed by atoms with Crippen molar-refractivity contribution in [3.8, 4) is 17.2 Å². The van der Waals surface area contributed by atoms with Crippen molar-refractivity contribution in [1.82, 2.24) is 10.9 Å². The minimum atomic E-state index is -1.68. The summed E-state index contributed by atoms with van der Waals surface area (Å²) >= 11 is 0. The summed E-state index contributed by atoms with van der Waals surface area (Å²) in [5.74, 6) is 0.729. The summed E-state index contributed by atoms with van der Waals surface area (Å²) in [6.45, 7) is 5.84. The number of benzene rings is 3. The third kappa shape index (κ3) is 9.44. The summed E-state index contributed by atoms with van der Waals surface area (Å²) in [6, 6.07) is 19.6. The van der Waals surface area contributed by atoms with Gasteiger partial charge in [-0.15, -0.1) is 0 Å². The zero-order chi connectivity index (χ0) is 36.1. The first-order chi connectivity index (χ1) is 24.0. The molecule has 14 heteroatoms. The number of hydrogen-bond donors (Lipinski definition) is 3. The largest absolute Gasteiger partial charge is 0.494 e. The monoisotopic (exact) mass is 688 g/mol. The maximum Gasteiger partial charge on any atom is 0.306 e. The van der Waals surface area contributed by atoms with Crippen molar-refractivity contribution in [2.45, 2.75) is 70.4 Å². The number of ether oxygens (including phenoxy) is 5. The van der Waals surface area contributed by atoms with Crippen LogP contribution in [-0.4, -0.2) is 61.5 Å². The van der Waals surface area contributed by atoms with Crippen LogP contribution in [-0.2, 0) is 32.2 Å². The summed E-state index contributed by atoms with van der Waals surface area (Å²) in [5.41, 5.74) is 14.9. The Bertz CT molecular complexity index is 1700. The predicted octanol–water partition coefficient (Wildman–Crippen LogP) is 5.48. The number of nitrogens with one attached hydrogen (secondary N) is 2. The number of nitrogens with zero attached hydrogens (tertiary/aromatic N) is 4. The van der Waals surface area contributed by atoms with Crippen LogP contribution in [0.5, 0.6) is 17.2 Å². The molecule has 3 aromatic rings. The lowest BCUT2D eigenvalue weighted by atomic mass is 9.82. The van der Waals surface area contributed by atoms with Gasteiger partial charge in [0.1, 0.15) is 11.4 Å². The number of amides is 1. The third-order valence-corrected chi connectivity index (χ3v) is 7.77. The number of aliphatic hydroxyl groups is 1. The molecule has 0 saturated heterocycles. The standard InChI is InChI=1S/C36H44N6O8/c1-35(2,3)50-30(44)18-19-36(34(45)41-38-23-26-11-8-13-29(46-4)31(26)47-5)32(28-12-7-6-10-25(28)22-39-42-37)49-33(40-36)24-14-16-27(17-15-24)48-21-9-20-43/h6-8,10-17,32,38,43H,9,18-23H2,1-5H3,(H,41,45)/t32-,36-/m0/s1. The van der Waals surface area contributed by atoms with Gasteiger partial charge in [-0.2, -0.15) is 0 Å². The molecule has 0 radical (unpaired) electrons. The minimum absolute atomic E-state index is 0.000603. The summed E-state index contributed by atoms with van der Waals surface area (Å²) in [7, 11) is 3.07. The van der Waals surface area contributed by atoms with Crippen LogP contribution in [0.3, 0.4) is 0 Å². The lowest BCUT2D eigenvalue weighted by Gasteiger charge is -2.32. The second kappa shape index (κ2) is 17.4. The molecule has 4 rings (SSSR count). The van der Waals surface area contributed by atoms with Crippen LogP contribution in [0.25, 0.3) is 10.4 Å². The summed E-state index contributed by atoms with van der Waals surface area (Å²) in [5, 5.41) is 12.9. The molecule has 0 saturated carbocycles. The topological polar surface area (TPSA) is 186 Å². The van der Waals surface area contributed by atoms with Crippen LogP contribution < -0.4 is 25.1 Å². The van der Waals surface area contributed by atoms with Gasteiger partial charge in [-0.1, -0.05) is 41.5 Å². The smallest absolute Gasteiger partial charge is 0.306 e. The molecular weight excluding hydrogens is 644 g/mol. The number of para-hydroxylation sites is 1.